The molecule has 10 rings (SSSR count). The van der Waals surface area contributed by atoms with E-state index in [2.05, 4.69) is 204 Å². The molecular weight excluding hydrogens is 795 g/mol. The normalized spacial score (nSPS) is 13.2. The molecule has 0 unspecified atom stereocenters. The summed E-state index contributed by atoms with van der Waals surface area (Å²) in [4.78, 5) is 9.80. The lowest BCUT2D eigenvalue weighted by atomic mass is 9.80. The van der Waals surface area contributed by atoms with Crippen molar-refractivity contribution in [3.05, 3.63) is 180 Å². The Bertz CT molecular complexity index is 3330. The van der Waals surface area contributed by atoms with Crippen molar-refractivity contribution < 1.29 is 4.74 Å². The van der Waals surface area contributed by atoms with E-state index < -0.39 is 0 Å². The topological polar surface area (TPSA) is 57.3 Å². The zero-order valence-corrected chi connectivity index (χ0v) is 38.9. The minimum atomic E-state index is -0.0556. The van der Waals surface area contributed by atoms with Crippen LogP contribution >= 0.6 is 0 Å². The van der Waals surface area contributed by atoms with Crippen molar-refractivity contribution >= 4 is 55.3 Å². The summed E-state index contributed by atoms with van der Waals surface area (Å²) in [6.45, 7) is 21.1. The van der Waals surface area contributed by atoms with Crippen LogP contribution in [-0.4, -0.2) is 16.2 Å². The molecule has 0 spiro atoms. The molecule has 65 heavy (non-hydrogen) atoms. The van der Waals surface area contributed by atoms with Crippen LogP contribution in [0.15, 0.2) is 158 Å². The summed E-state index contributed by atoms with van der Waals surface area (Å²) in [5.41, 5.74) is 13.2. The Labute approximate surface area is 383 Å². The number of nitriles is 1. The number of para-hydroxylation sites is 1. The molecule has 3 heterocycles. The van der Waals surface area contributed by atoms with E-state index in [0.717, 1.165) is 44.7 Å². The predicted octanol–water partition coefficient (Wildman–Crippen LogP) is 15.8. The lowest BCUT2D eigenvalue weighted by molar-refractivity contribution is 0.483. The first-order chi connectivity index (χ1) is 31.0. The van der Waals surface area contributed by atoms with Gasteiger partial charge in [0.25, 0.3) is 0 Å². The molecule has 6 heteroatoms. The molecule has 0 bridgehead atoms. The first-order valence-electron chi connectivity index (χ1n) is 22.6. The third kappa shape index (κ3) is 7.55. The van der Waals surface area contributed by atoms with Gasteiger partial charge in [0.1, 0.15) is 24.0 Å². The van der Waals surface area contributed by atoms with Crippen molar-refractivity contribution in [3.63, 3.8) is 0 Å². The molecule has 0 aliphatic carbocycles. The molecule has 0 radical (unpaired) electrons. The highest BCUT2D eigenvalue weighted by atomic mass is 16.5. The zero-order chi connectivity index (χ0) is 45.4. The van der Waals surface area contributed by atoms with E-state index in [4.69, 9.17) is 9.72 Å². The molecule has 2 aromatic heterocycles. The first-order valence-corrected chi connectivity index (χ1v) is 22.6. The van der Waals surface area contributed by atoms with Gasteiger partial charge in [-0.25, -0.2) is 4.98 Å². The Morgan fingerprint density at radius 2 is 1.22 bits per heavy atom. The predicted molar refractivity (Wildman–Crippen MR) is 271 cm³/mol. The van der Waals surface area contributed by atoms with Crippen molar-refractivity contribution in [2.24, 2.45) is 0 Å². The lowest BCUT2D eigenvalue weighted by Crippen LogP contribution is -2.25. The van der Waals surface area contributed by atoms with E-state index >= 15 is 0 Å². The first kappa shape index (κ1) is 41.6. The Morgan fingerprint density at radius 1 is 0.523 bits per heavy atom. The number of anilines is 4. The Kier molecular flexibility index (Phi) is 9.88. The second-order valence-electron chi connectivity index (χ2n) is 20.6. The van der Waals surface area contributed by atoms with Gasteiger partial charge in [-0.15, -0.1) is 0 Å². The summed E-state index contributed by atoms with van der Waals surface area (Å²) in [6.07, 6.45) is 1.89. The summed E-state index contributed by atoms with van der Waals surface area (Å²) in [6, 6.07) is 56.3. The molecule has 1 aliphatic heterocycles. The number of pyridine rings is 1. The number of rotatable bonds is 6. The van der Waals surface area contributed by atoms with Crippen LogP contribution in [0.1, 0.15) is 84.6 Å². The van der Waals surface area contributed by atoms with Crippen LogP contribution < -0.4 is 14.5 Å². The van der Waals surface area contributed by atoms with Gasteiger partial charge >= 0.3 is 0 Å². The number of ether oxygens (including phenoxy) is 1. The number of fused-ring (bicyclic) bond motifs is 5. The van der Waals surface area contributed by atoms with Crippen LogP contribution in [0.2, 0.25) is 0 Å². The molecule has 0 amide bonds. The molecule has 0 saturated carbocycles. The Balaban J connectivity index is 1.09. The molecule has 0 fully saturated rings. The van der Waals surface area contributed by atoms with Gasteiger partial charge in [0.2, 0.25) is 0 Å². The van der Waals surface area contributed by atoms with E-state index in [1.165, 1.54) is 50.0 Å². The maximum atomic E-state index is 9.84. The second kappa shape index (κ2) is 15.4. The molecule has 1 aliphatic rings. The maximum Gasteiger partial charge on any atom is 0.137 e. The molecule has 7 aromatic carbocycles. The largest absolute Gasteiger partial charge is 0.457 e. The smallest absolute Gasteiger partial charge is 0.137 e. The number of aromatic nitrogens is 2. The minimum Gasteiger partial charge on any atom is -0.457 e. The van der Waals surface area contributed by atoms with Gasteiger partial charge in [0, 0.05) is 46.0 Å². The maximum absolute atomic E-state index is 9.84. The molecule has 9 aromatic rings. The quantitative estimate of drug-likeness (QED) is 0.167. The molecular formula is C59H55N5O. The SMILES string of the molecule is CC(C)(C)c1cc(N2CN(c3cccc(Oc4ccc5c6cc(C#N)ccc6n(-c6cc(C(C)(C)C)ccn6)c5c4)c3)c3cccc(-c4cccc5ccccc45)c32)cc(C(C)(C)C)c1. The van der Waals surface area contributed by atoms with E-state index in [9.17, 15) is 5.26 Å². The number of hydrogen-bond acceptors (Lipinski definition) is 5. The molecule has 0 saturated heterocycles. The van der Waals surface area contributed by atoms with Gasteiger partial charge in [-0.2, -0.15) is 5.26 Å². The average Bonchev–Trinajstić information content (AvgIpc) is 3.84. The lowest BCUT2D eigenvalue weighted by Gasteiger charge is -2.30. The van der Waals surface area contributed by atoms with E-state index in [0.29, 0.717) is 18.0 Å². The summed E-state index contributed by atoms with van der Waals surface area (Å²) < 4.78 is 9.01. The highest BCUT2D eigenvalue weighted by Gasteiger charge is 2.33. The molecule has 322 valence electrons. The van der Waals surface area contributed by atoms with Gasteiger partial charge in [-0.1, -0.05) is 129 Å². The molecule has 0 N–H and O–H groups in total. The van der Waals surface area contributed by atoms with Gasteiger partial charge in [0.05, 0.1) is 34.0 Å². The van der Waals surface area contributed by atoms with Gasteiger partial charge in [-0.05, 0) is 122 Å². The standard InChI is InChI=1S/C59H55N5O/c1-57(2,3)40-27-28-61-55(33-40)64-52-26-23-38(36-60)29-51(52)49-25-24-46(35-54(49)64)65-45-18-13-17-43(34-45)62-37-63(44-31-41(58(4,5)6)30-42(32-44)59(7,8)9)56-50(21-14-22-53(56)62)48-20-12-16-39-15-10-11-19-47(39)48/h10-35H,37H2,1-9H3. The van der Waals surface area contributed by atoms with Crippen LogP contribution in [-0.2, 0) is 16.2 Å². The fourth-order valence-electron chi connectivity index (χ4n) is 9.30. The van der Waals surface area contributed by atoms with Crippen LogP contribution in [0.5, 0.6) is 11.5 Å². The Hall–Kier alpha value is -7.36. The van der Waals surface area contributed by atoms with E-state index in [1.54, 1.807) is 0 Å². The van der Waals surface area contributed by atoms with Crippen molar-refractivity contribution in [1.29, 1.82) is 5.26 Å². The average molecular weight is 850 g/mol. The van der Waals surface area contributed by atoms with Crippen LogP contribution in [0, 0.1) is 11.3 Å². The number of benzene rings is 7. The minimum absolute atomic E-state index is 0.0387. The summed E-state index contributed by atoms with van der Waals surface area (Å²) in [5, 5.41) is 14.3. The number of nitrogens with zero attached hydrogens (tertiary/aromatic N) is 5. The van der Waals surface area contributed by atoms with E-state index in [-0.39, 0.29) is 16.2 Å². The van der Waals surface area contributed by atoms with Crippen LogP contribution in [0.4, 0.5) is 22.7 Å². The fourth-order valence-corrected chi connectivity index (χ4v) is 9.30. The monoisotopic (exact) mass is 849 g/mol. The summed E-state index contributed by atoms with van der Waals surface area (Å²) in [5.74, 6) is 2.27. The van der Waals surface area contributed by atoms with E-state index in [1.807, 2.05) is 36.5 Å². The molecule has 6 nitrogen and oxygen atoms in total. The van der Waals surface area contributed by atoms with Crippen molar-refractivity contribution in [2.45, 2.75) is 78.6 Å². The van der Waals surface area contributed by atoms with Crippen LogP contribution in [0.3, 0.4) is 0 Å². The fraction of sp³-hybridized carbons (Fsp3) is 0.220. The third-order valence-corrected chi connectivity index (χ3v) is 13.0. The van der Waals surface area contributed by atoms with Crippen molar-refractivity contribution in [3.8, 4) is 34.5 Å². The van der Waals surface area contributed by atoms with Gasteiger partial charge in [-0.3, -0.25) is 4.57 Å². The van der Waals surface area contributed by atoms with Gasteiger partial charge in [0.15, 0.2) is 0 Å². The van der Waals surface area contributed by atoms with Gasteiger partial charge < -0.3 is 14.5 Å². The second-order valence-corrected chi connectivity index (χ2v) is 20.6. The van der Waals surface area contributed by atoms with Crippen molar-refractivity contribution in [1.82, 2.24) is 9.55 Å². The summed E-state index contributed by atoms with van der Waals surface area (Å²) >= 11 is 0. The van der Waals surface area contributed by atoms with Crippen LogP contribution in [0.25, 0.3) is 49.5 Å². The Morgan fingerprint density at radius 3 is 1.97 bits per heavy atom. The highest BCUT2D eigenvalue weighted by Crippen LogP contribution is 2.52. The summed E-state index contributed by atoms with van der Waals surface area (Å²) in [7, 11) is 0. The molecule has 0 atom stereocenters. The zero-order valence-electron chi connectivity index (χ0n) is 38.9. The van der Waals surface area contributed by atoms with Crippen molar-refractivity contribution in [2.75, 3.05) is 16.5 Å². The third-order valence-electron chi connectivity index (χ3n) is 13.0. The highest BCUT2D eigenvalue weighted by molar-refractivity contribution is 6.10. The number of hydrogen-bond donors (Lipinski definition) is 0.